The summed E-state index contributed by atoms with van der Waals surface area (Å²) in [6, 6.07) is 24.0. The van der Waals surface area contributed by atoms with E-state index >= 15 is 0 Å². The van der Waals surface area contributed by atoms with Crippen LogP contribution in [0.2, 0.25) is 0 Å². The molecule has 0 unspecified atom stereocenters. The maximum absolute atomic E-state index is 13.5. The summed E-state index contributed by atoms with van der Waals surface area (Å²) in [6.45, 7) is 0.421. The van der Waals surface area contributed by atoms with E-state index in [-0.39, 0.29) is 29.5 Å². The number of ether oxygens (including phenoxy) is 2. The van der Waals surface area contributed by atoms with Gasteiger partial charge in [0.05, 0.1) is 18.6 Å². The number of methoxy groups -OCH3 is 1. The van der Waals surface area contributed by atoms with Gasteiger partial charge in [-0.25, -0.2) is 0 Å². The Morgan fingerprint density at radius 3 is 2.48 bits per heavy atom. The molecule has 1 saturated heterocycles. The van der Waals surface area contributed by atoms with Crippen LogP contribution in [0.3, 0.4) is 0 Å². The number of nitro benzene ring substituents is 1. The van der Waals surface area contributed by atoms with Crippen LogP contribution in [0.4, 0.5) is 5.69 Å². The highest BCUT2D eigenvalue weighted by molar-refractivity contribution is 5.84. The molecule has 2 aliphatic heterocycles. The summed E-state index contributed by atoms with van der Waals surface area (Å²) in [5.41, 5.74) is 1.78. The highest BCUT2D eigenvalue weighted by atomic mass is 16.6. The van der Waals surface area contributed by atoms with E-state index in [1.54, 1.807) is 12.1 Å². The summed E-state index contributed by atoms with van der Waals surface area (Å²) in [5.74, 6) is 0.0594. The Labute approximate surface area is 191 Å². The third kappa shape index (κ3) is 3.54. The lowest BCUT2D eigenvalue weighted by molar-refractivity contribution is -0.384. The molecule has 4 atom stereocenters. The first-order chi connectivity index (χ1) is 16.0. The van der Waals surface area contributed by atoms with Gasteiger partial charge in [-0.15, -0.1) is 0 Å². The van der Waals surface area contributed by atoms with E-state index in [4.69, 9.17) is 9.47 Å². The predicted molar refractivity (Wildman–Crippen MR) is 122 cm³/mol. The van der Waals surface area contributed by atoms with Crippen molar-refractivity contribution in [3.63, 3.8) is 0 Å². The molecule has 5 rings (SSSR count). The maximum atomic E-state index is 13.5. The van der Waals surface area contributed by atoms with E-state index in [9.17, 15) is 14.9 Å². The lowest BCUT2D eigenvalue weighted by Gasteiger charge is -2.35. The first-order valence-corrected chi connectivity index (χ1v) is 10.9. The van der Waals surface area contributed by atoms with Gasteiger partial charge in [0, 0.05) is 42.0 Å². The van der Waals surface area contributed by atoms with Crippen molar-refractivity contribution < 1.29 is 19.2 Å². The summed E-state index contributed by atoms with van der Waals surface area (Å²) in [7, 11) is 1.40. The number of fused-ring (bicyclic) bond motifs is 3. The van der Waals surface area contributed by atoms with Crippen LogP contribution in [0, 0.1) is 16.0 Å². The fourth-order valence-corrected chi connectivity index (χ4v) is 5.44. The van der Waals surface area contributed by atoms with Crippen molar-refractivity contribution in [1.82, 2.24) is 5.32 Å². The topological polar surface area (TPSA) is 90.7 Å². The SMILES string of the molecule is COC(=O)[C@@]1(Cc2ccccc2)N[C@H]2c3ccccc3OC[C@H]2[C@@H]1c1ccc([N+](=O)[O-])cc1. The lowest BCUT2D eigenvalue weighted by Crippen LogP contribution is -2.54. The third-order valence-electron chi connectivity index (χ3n) is 6.82. The number of hydrogen-bond donors (Lipinski definition) is 1. The number of rotatable bonds is 5. The molecule has 7 nitrogen and oxygen atoms in total. The number of benzene rings is 3. The van der Waals surface area contributed by atoms with Gasteiger partial charge in [-0.05, 0) is 17.2 Å². The number of esters is 1. The Morgan fingerprint density at radius 1 is 1.09 bits per heavy atom. The molecule has 2 aliphatic rings. The number of carbonyl (C=O) groups excluding carboxylic acids is 1. The standard InChI is InChI=1S/C26H24N2O5/c1-32-25(29)26(15-17-7-3-2-4-8-17)23(18-11-13-19(14-12-18)28(30)31)21-16-33-22-10-6-5-9-20(22)24(21)27-26/h2-14,21,23-24,27H,15-16H2,1H3/t21-,23-,24-,26-/m0/s1. The Kier molecular flexibility index (Phi) is 5.34. The third-order valence-corrected chi connectivity index (χ3v) is 6.82. The zero-order valence-electron chi connectivity index (χ0n) is 18.1. The smallest absolute Gasteiger partial charge is 0.327 e. The van der Waals surface area contributed by atoms with Gasteiger partial charge in [-0.1, -0.05) is 60.7 Å². The highest BCUT2D eigenvalue weighted by Crippen LogP contribution is 2.54. The van der Waals surface area contributed by atoms with Crippen molar-refractivity contribution in [2.75, 3.05) is 13.7 Å². The van der Waals surface area contributed by atoms with Gasteiger partial charge in [0.1, 0.15) is 11.3 Å². The molecule has 7 heteroatoms. The van der Waals surface area contributed by atoms with Crippen LogP contribution < -0.4 is 10.1 Å². The molecule has 0 saturated carbocycles. The Morgan fingerprint density at radius 2 is 1.79 bits per heavy atom. The fraction of sp³-hybridized carbons (Fsp3) is 0.269. The Hall–Kier alpha value is -3.71. The molecule has 0 amide bonds. The zero-order chi connectivity index (χ0) is 23.0. The van der Waals surface area contributed by atoms with E-state index in [0.717, 1.165) is 22.4 Å². The minimum atomic E-state index is -1.07. The monoisotopic (exact) mass is 444 g/mol. The maximum Gasteiger partial charge on any atom is 0.327 e. The van der Waals surface area contributed by atoms with Crippen molar-refractivity contribution in [1.29, 1.82) is 0 Å². The van der Waals surface area contributed by atoms with Crippen molar-refractivity contribution >= 4 is 11.7 Å². The van der Waals surface area contributed by atoms with Crippen LogP contribution >= 0.6 is 0 Å². The molecule has 2 heterocycles. The molecule has 3 aromatic carbocycles. The van der Waals surface area contributed by atoms with Crippen LogP contribution in [0.25, 0.3) is 0 Å². The number of hydrogen-bond acceptors (Lipinski definition) is 6. The summed E-state index contributed by atoms with van der Waals surface area (Å²) in [4.78, 5) is 24.3. The Balaban J connectivity index is 1.67. The summed E-state index contributed by atoms with van der Waals surface area (Å²) < 4.78 is 11.5. The van der Waals surface area contributed by atoms with E-state index in [2.05, 4.69) is 5.32 Å². The molecule has 0 bridgehead atoms. The molecule has 3 aromatic rings. The minimum Gasteiger partial charge on any atom is -0.493 e. The summed E-state index contributed by atoms with van der Waals surface area (Å²) in [6.07, 6.45) is 0.414. The van der Waals surface area contributed by atoms with Gasteiger partial charge in [0.25, 0.3) is 5.69 Å². The molecular weight excluding hydrogens is 420 g/mol. The van der Waals surface area contributed by atoms with Gasteiger partial charge in [0.2, 0.25) is 0 Å². The average Bonchev–Trinajstić information content (AvgIpc) is 3.19. The predicted octanol–water partition coefficient (Wildman–Crippen LogP) is 4.19. The number of nitrogens with one attached hydrogen (secondary N) is 1. The van der Waals surface area contributed by atoms with Crippen LogP contribution in [0.1, 0.15) is 28.7 Å². The number of nitro groups is 1. The summed E-state index contributed by atoms with van der Waals surface area (Å²) >= 11 is 0. The van der Waals surface area contributed by atoms with E-state index in [1.165, 1.54) is 19.2 Å². The molecule has 168 valence electrons. The van der Waals surface area contributed by atoms with Gasteiger partial charge < -0.3 is 9.47 Å². The molecule has 1 fully saturated rings. The van der Waals surface area contributed by atoms with Crippen molar-refractivity contribution in [3.8, 4) is 5.75 Å². The summed E-state index contributed by atoms with van der Waals surface area (Å²) in [5, 5.41) is 14.9. The molecule has 33 heavy (non-hydrogen) atoms. The second kappa shape index (κ2) is 8.33. The van der Waals surface area contributed by atoms with E-state index in [1.807, 2.05) is 54.6 Å². The number of non-ortho nitro benzene ring substituents is 1. The highest BCUT2D eigenvalue weighted by Gasteiger charge is 2.60. The van der Waals surface area contributed by atoms with E-state index < -0.39 is 10.5 Å². The molecule has 1 N–H and O–H groups in total. The van der Waals surface area contributed by atoms with Crippen molar-refractivity contribution in [2.24, 2.45) is 5.92 Å². The van der Waals surface area contributed by atoms with Crippen LogP contribution in [-0.2, 0) is 16.0 Å². The molecular formula is C26H24N2O5. The second-order valence-electron chi connectivity index (χ2n) is 8.59. The molecule has 0 aromatic heterocycles. The van der Waals surface area contributed by atoms with Crippen LogP contribution in [-0.4, -0.2) is 30.1 Å². The first kappa shape index (κ1) is 21.2. The molecule has 0 aliphatic carbocycles. The van der Waals surface area contributed by atoms with Crippen LogP contribution in [0.15, 0.2) is 78.9 Å². The Bertz CT molecular complexity index is 1180. The quantitative estimate of drug-likeness (QED) is 0.361. The number of nitrogens with zero attached hydrogens (tertiary/aromatic N) is 1. The lowest BCUT2D eigenvalue weighted by atomic mass is 9.71. The average molecular weight is 444 g/mol. The molecule has 0 spiro atoms. The van der Waals surface area contributed by atoms with Gasteiger partial charge >= 0.3 is 5.97 Å². The van der Waals surface area contributed by atoms with Gasteiger partial charge in [-0.2, -0.15) is 0 Å². The molecule has 0 radical (unpaired) electrons. The second-order valence-corrected chi connectivity index (χ2v) is 8.59. The van der Waals surface area contributed by atoms with Gasteiger partial charge in [-0.3, -0.25) is 20.2 Å². The van der Waals surface area contributed by atoms with E-state index in [0.29, 0.717) is 13.0 Å². The first-order valence-electron chi connectivity index (χ1n) is 10.9. The number of carbonyl (C=O) groups is 1. The minimum absolute atomic E-state index is 0.0122. The normalized spacial score (nSPS) is 25.4. The fourth-order valence-electron chi connectivity index (χ4n) is 5.44. The van der Waals surface area contributed by atoms with Crippen LogP contribution in [0.5, 0.6) is 5.75 Å². The largest absolute Gasteiger partial charge is 0.493 e. The van der Waals surface area contributed by atoms with Crippen molar-refractivity contribution in [2.45, 2.75) is 23.9 Å². The van der Waals surface area contributed by atoms with Gasteiger partial charge in [0.15, 0.2) is 0 Å². The van der Waals surface area contributed by atoms with Crippen molar-refractivity contribution in [3.05, 3.63) is 106 Å². The zero-order valence-corrected chi connectivity index (χ0v) is 18.1. The number of para-hydroxylation sites is 1.